The minimum Gasteiger partial charge on any atom is -0.416 e. The molecule has 1 unspecified atom stereocenters. The van der Waals surface area contributed by atoms with Crippen molar-refractivity contribution >= 4 is 5.91 Å². The van der Waals surface area contributed by atoms with Crippen molar-refractivity contribution in [2.75, 3.05) is 13.1 Å². The molecule has 1 amide bonds. The van der Waals surface area contributed by atoms with Crippen molar-refractivity contribution in [3.05, 3.63) is 29.7 Å². The van der Waals surface area contributed by atoms with E-state index in [0.29, 0.717) is 24.9 Å². The third-order valence-electron chi connectivity index (χ3n) is 3.69. The number of aromatic nitrogens is 4. The van der Waals surface area contributed by atoms with E-state index in [1.807, 2.05) is 26.8 Å². The number of aromatic amines is 1. The molecule has 0 aromatic carbocycles. The first-order chi connectivity index (χ1) is 9.95. The Morgan fingerprint density at radius 1 is 1.43 bits per heavy atom. The van der Waals surface area contributed by atoms with E-state index in [1.165, 1.54) is 0 Å². The third kappa shape index (κ3) is 2.68. The quantitative estimate of drug-likeness (QED) is 0.909. The van der Waals surface area contributed by atoms with Crippen LogP contribution in [0.25, 0.3) is 0 Å². The molecule has 1 aliphatic heterocycles. The topological polar surface area (TPSA) is 87.9 Å². The van der Waals surface area contributed by atoms with Crippen molar-refractivity contribution in [1.29, 1.82) is 0 Å². The lowest BCUT2D eigenvalue weighted by atomic mass is 9.97. The molecule has 1 fully saturated rings. The van der Waals surface area contributed by atoms with Gasteiger partial charge in [0.05, 0.1) is 0 Å². The van der Waals surface area contributed by atoms with Crippen LogP contribution in [0.5, 0.6) is 0 Å². The standard InChI is InChI=1S/C14H19N5O2/c1-14(2,3)13-18-17-11(21-13)12(20)19-7-5-9(8-19)10-4-6-15-16-10/h4,6,9H,5,7-8H2,1-3H3,(H,15,16). The second-order valence-electron chi connectivity index (χ2n) is 6.41. The highest BCUT2D eigenvalue weighted by Gasteiger charge is 2.32. The molecule has 0 spiro atoms. The molecule has 1 atom stereocenters. The van der Waals surface area contributed by atoms with Crippen molar-refractivity contribution in [1.82, 2.24) is 25.3 Å². The minimum atomic E-state index is -0.255. The van der Waals surface area contributed by atoms with Crippen LogP contribution in [0, 0.1) is 0 Å². The van der Waals surface area contributed by atoms with Gasteiger partial charge in [0, 0.05) is 36.3 Å². The van der Waals surface area contributed by atoms with E-state index in [2.05, 4.69) is 20.4 Å². The van der Waals surface area contributed by atoms with Gasteiger partial charge < -0.3 is 9.32 Å². The van der Waals surface area contributed by atoms with Gasteiger partial charge in [0.1, 0.15) is 0 Å². The molecule has 3 heterocycles. The van der Waals surface area contributed by atoms with Crippen LogP contribution >= 0.6 is 0 Å². The molecular weight excluding hydrogens is 270 g/mol. The van der Waals surface area contributed by atoms with Crippen molar-refractivity contribution in [2.24, 2.45) is 0 Å². The van der Waals surface area contributed by atoms with Crippen LogP contribution in [-0.2, 0) is 5.41 Å². The highest BCUT2D eigenvalue weighted by atomic mass is 16.4. The second-order valence-corrected chi connectivity index (χ2v) is 6.41. The Morgan fingerprint density at radius 2 is 2.24 bits per heavy atom. The van der Waals surface area contributed by atoms with Gasteiger partial charge in [-0.25, -0.2) is 0 Å². The molecule has 2 aromatic heterocycles. The molecule has 1 N–H and O–H groups in total. The molecule has 0 bridgehead atoms. The summed E-state index contributed by atoms with van der Waals surface area (Å²) in [6, 6.07) is 1.95. The first kappa shape index (κ1) is 13.8. The molecule has 1 aliphatic rings. The molecule has 3 rings (SSSR count). The normalized spacial score (nSPS) is 19.2. The summed E-state index contributed by atoms with van der Waals surface area (Å²) in [5.41, 5.74) is 0.806. The van der Waals surface area contributed by atoms with Gasteiger partial charge in [-0.3, -0.25) is 9.89 Å². The predicted octanol–water partition coefficient (Wildman–Crippen LogP) is 1.72. The summed E-state index contributed by atoms with van der Waals surface area (Å²) < 4.78 is 5.51. The maximum atomic E-state index is 12.4. The number of H-pyrrole nitrogens is 1. The third-order valence-corrected chi connectivity index (χ3v) is 3.69. The van der Waals surface area contributed by atoms with Crippen molar-refractivity contribution < 1.29 is 9.21 Å². The number of hydrogen-bond acceptors (Lipinski definition) is 5. The number of rotatable bonds is 2. The van der Waals surface area contributed by atoms with Crippen LogP contribution in [-0.4, -0.2) is 44.3 Å². The zero-order valence-electron chi connectivity index (χ0n) is 12.5. The van der Waals surface area contributed by atoms with E-state index in [1.54, 1.807) is 11.1 Å². The van der Waals surface area contributed by atoms with E-state index < -0.39 is 0 Å². The Bertz CT molecular complexity index is 626. The van der Waals surface area contributed by atoms with E-state index in [0.717, 1.165) is 12.1 Å². The van der Waals surface area contributed by atoms with Crippen LogP contribution in [0.1, 0.15) is 55.4 Å². The maximum Gasteiger partial charge on any atom is 0.311 e. The first-order valence-electron chi connectivity index (χ1n) is 7.07. The fraction of sp³-hybridized carbons (Fsp3) is 0.571. The number of amides is 1. The lowest BCUT2D eigenvalue weighted by molar-refractivity contribution is 0.0747. The van der Waals surface area contributed by atoms with Crippen LogP contribution in [0.15, 0.2) is 16.7 Å². The molecule has 0 saturated carbocycles. The largest absolute Gasteiger partial charge is 0.416 e. The number of hydrogen-bond donors (Lipinski definition) is 1. The monoisotopic (exact) mass is 289 g/mol. The van der Waals surface area contributed by atoms with Crippen molar-refractivity contribution in [2.45, 2.75) is 38.5 Å². The summed E-state index contributed by atoms with van der Waals surface area (Å²) >= 11 is 0. The van der Waals surface area contributed by atoms with Crippen molar-refractivity contribution in [3.8, 4) is 0 Å². The molecule has 7 heteroatoms. The lowest BCUT2D eigenvalue weighted by Gasteiger charge is -2.14. The average Bonchev–Trinajstić information content (AvgIpc) is 3.17. The molecule has 0 radical (unpaired) electrons. The zero-order valence-corrected chi connectivity index (χ0v) is 12.5. The molecular formula is C14H19N5O2. The molecule has 7 nitrogen and oxygen atoms in total. The Labute approximate surface area is 122 Å². The summed E-state index contributed by atoms with van der Waals surface area (Å²) in [5.74, 6) is 0.654. The van der Waals surface area contributed by atoms with Crippen LogP contribution in [0.2, 0.25) is 0 Å². The first-order valence-corrected chi connectivity index (χ1v) is 7.07. The van der Waals surface area contributed by atoms with E-state index >= 15 is 0 Å². The summed E-state index contributed by atoms with van der Waals surface area (Å²) in [7, 11) is 0. The molecule has 21 heavy (non-hydrogen) atoms. The second kappa shape index (κ2) is 4.98. The summed E-state index contributed by atoms with van der Waals surface area (Å²) in [6.07, 6.45) is 2.64. The van der Waals surface area contributed by atoms with E-state index in [9.17, 15) is 4.79 Å². The van der Waals surface area contributed by atoms with Gasteiger partial charge in [0.25, 0.3) is 0 Å². The highest BCUT2D eigenvalue weighted by molar-refractivity contribution is 5.89. The van der Waals surface area contributed by atoms with Crippen LogP contribution < -0.4 is 0 Å². The summed E-state index contributed by atoms with van der Waals surface area (Å²) in [4.78, 5) is 14.2. The minimum absolute atomic E-state index is 0.0742. The number of carbonyl (C=O) groups excluding carboxylic acids is 1. The fourth-order valence-electron chi connectivity index (χ4n) is 2.44. The fourth-order valence-corrected chi connectivity index (χ4v) is 2.44. The maximum absolute atomic E-state index is 12.4. The highest BCUT2D eigenvalue weighted by Crippen LogP contribution is 2.27. The molecule has 112 valence electrons. The van der Waals surface area contributed by atoms with Crippen LogP contribution in [0.4, 0.5) is 0 Å². The van der Waals surface area contributed by atoms with Gasteiger partial charge >= 0.3 is 11.8 Å². The zero-order chi connectivity index (χ0) is 15.0. The Balaban J connectivity index is 1.70. The SMILES string of the molecule is CC(C)(C)c1nnc(C(=O)N2CCC(c3ccn[nH]3)C2)o1. The number of likely N-dealkylation sites (tertiary alicyclic amines) is 1. The molecule has 1 saturated heterocycles. The number of nitrogens with one attached hydrogen (secondary N) is 1. The Kier molecular flexibility index (Phi) is 3.27. The van der Waals surface area contributed by atoms with Gasteiger partial charge in [0.2, 0.25) is 5.89 Å². The predicted molar refractivity (Wildman–Crippen MR) is 74.8 cm³/mol. The lowest BCUT2D eigenvalue weighted by Crippen LogP contribution is -2.28. The van der Waals surface area contributed by atoms with Gasteiger partial charge in [-0.15, -0.1) is 10.2 Å². The number of nitrogens with zero attached hydrogens (tertiary/aromatic N) is 4. The van der Waals surface area contributed by atoms with E-state index in [-0.39, 0.29) is 17.2 Å². The summed E-state index contributed by atoms with van der Waals surface area (Å²) in [5, 5.41) is 14.8. The number of carbonyl (C=O) groups is 1. The van der Waals surface area contributed by atoms with Gasteiger partial charge in [-0.2, -0.15) is 5.10 Å². The van der Waals surface area contributed by atoms with E-state index in [4.69, 9.17) is 4.42 Å². The van der Waals surface area contributed by atoms with Crippen LogP contribution in [0.3, 0.4) is 0 Å². The smallest absolute Gasteiger partial charge is 0.311 e. The van der Waals surface area contributed by atoms with Gasteiger partial charge in [-0.05, 0) is 12.5 Å². The average molecular weight is 289 g/mol. The Morgan fingerprint density at radius 3 is 2.86 bits per heavy atom. The van der Waals surface area contributed by atoms with Gasteiger partial charge in [0.15, 0.2) is 0 Å². The summed E-state index contributed by atoms with van der Waals surface area (Å²) in [6.45, 7) is 7.25. The Hall–Kier alpha value is -2.18. The molecule has 0 aliphatic carbocycles. The van der Waals surface area contributed by atoms with Crippen molar-refractivity contribution in [3.63, 3.8) is 0 Å². The molecule has 2 aromatic rings. The van der Waals surface area contributed by atoms with Gasteiger partial charge in [-0.1, -0.05) is 20.8 Å².